The normalized spacial score (nSPS) is 23.1. The van der Waals surface area contributed by atoms with Crippen molar-refractivity contribution in [3.05, 3.63) is 0 Å². The summed E-state index contributed by atoms with van der Waals surface area (Å²) < 4.78 is 5.39. The van der Waals surface area contributed by atoms with Gasteiger partial charge >= 0.3 is 5.97 Å². The fourth-order valence-corrected chi connectivity index (χ4v) is 2.11. The molecule has 0 aromatic rings. The van der Waals surface area contributed by atoms with E-state index >= 15 is 0 Å². The first-order valence-electron chi connectivity index (χ1n) is 5.66. The average molecular weight is 215 g/mol. The van der Waals surface area contributed by atoms with E-state index in [2.05, 4.69) is 18.7 Å². The van der Waals surface area contributed by atoms with Crippen LogP contribution in [-0.2, 0) is 9.53 Å². The van der Waals surface area contributed by atoms with E-state index in [1.807, 2.05) is 0 Å². The van der Waals surface area contributed by atoms with E-state index in [0.29, 0.717) is 6.04 Å². The third kappa shape index (κ3) is 4.18. The van der Waals surface area contributed by atoms with Crippen LogP contribution in [-0.4, -0.2) is 47.8 Å². The van der Waals surface area contributed by atoms with Crippen LogP contribution in [0.4, 0.5) is 0 Å². The van der Waals surface area contributed by atoms with Gasteiger partial charge in [0, 0.05) is 25.3 Å². The highest BCUT2D eigenvalue weighted by Gasteiger charge is 2.24. The first-order chi connectivity index (χ1) is 7.11. The van der Waals surface area contributed by atoms with Crippen molar-refractivity contribution in [1.82, 2.24) is 4.90 Å². The lowest BCUT2D eigenvalue weighted by atomic mass is 10.1. The molecule has 1 heterocycles. The molecule has 1 aliphatic heterocycles. The minimum Gasteiger partial charge on any atom is -0.480 e. The van der Waals surface area contributed by atoms with Gasteiger partial charge in [-0.2, -0.15) is 0 Å². The number of carbonyl (C=O) groups is 1. The first-order valence-corrected chi connectivity index (χ1v) is 5.66. The van der Waals surface area contributed by atoms with Gasteiger partial charge in [0.25, 0.3) is 0 Å². The predicted octanol–water partition coefficient (Wildman–Crippen LogP) is 1.35. The minimum absolute atomic E-state index is 0.141. The van der Waals surface area contributed by atoms with Crippen molar-refractivity contribution in [3.8, 4) is 0 Å². The van der Waals surface area contributed by atoms with Crippen LogP contribution in [0.2, 0.25) is 0 Å². The third-order valence-corrected chi connectivity index (χ3v) is 2.87. The second-order valence-corrected chi connectivity index (χ2v) is 4.36. The smallest absolute Gasteiger partial charge is 0.317 e. The van der Waals surface area contributed by atoms with Gasteiger partial charge in [0.2, 0.25) is 0 Å². The molecular formula is C11H21NO3. The largest absolute Gasteiger partial charge is 0.480 e. The van der Waals surface area contributed by atoms with Crippen molar-refractivity contribution in [3.63, 3.8) is 0 Å². The van der Waals surface area contributed by atoms with Gasteiger partial charge in [-0.05, 0) is 33.1 Å². The third-order valence-electron chi connectivity index (χ3n) is 2.87. The van der Waals surface area contributed by atoms with E-state index in [4.69, 9.17) is 9.84 Å². The Hall–Kier alpha value is -0.610. The Morgan fingerprint density at radius 3 is 2.80 bits per heavy atom. The molecule has 1 saturated heterocycles. The molecule has 1 rings (SSSR count). The standard InChI is InChI=1S/C11H21NO3/c1-9(2)12(8-11(13)14)10-4-3-6-15-7-5-10/h9-10H,3-8H2,1-2H3,(H,13,14). The molecule has 0 amide bonds. The molecule has 4 heteroatoms. The van der Waals surface area contributed by atoms with E-state index in [9.17, 15) is 4.79 Å². The lowest BCUT2D eigenvalue weighted by molar-refractivity contribution is -0.139. The maximum Gasteiger partial charge on any atom is 0.317 e. The summed E-state index contributed by atoms with van der Waals surface area (Å²) in [4.78, 5) is 12.8. The Kier molecular flexibility index (Phi) is 5.05. The summed E-state index contributed by atoms with van der Waals surface area (Å²) in [5.41, 5.74) is 0. The molecule has 1 fully saturated rings. The lowest BCUT2D eigenvalue weighted by Gasteiger charge is -2.32. The molecular weight excluding hydrogens is 194 g/mol. The summed E-state index contributed by atoms with van der Waals surface area (Å²) in [5.74, 6) is -0.742. The second kappa shape index (κ2) is 6.08. The maximum atomic E-state index is 10.8. The minimum atomic E-state index is -0.742. The van der Waals surface area contributed by atoms with E-state index in [1.165, 1.54) is 0 Å². The first kappa shape index (κ1) is 12.5. The lowest BCUT2D eigenvalue weighted by Crippen LogP contribution is -2.43. The van der Waals surface area contributed by atoms with Crippen LogP contribution in [0.5, 0.6) is 0 Å². The van der Waals surface area contributed by atoms with Gasteiger partial charge in [-0.25, -0.2) is 0 Å². The molecule has 0 saturated carbocycles. The van der Waals surface area contributed by atoms with Gasteiger partial charge in [0.05, 0.1) is 6.54 Å². The molecule has 0 aliphatic carbocycles. The number of carboxylic acids is 1. The topological polar surface area (TPSA) is 49.8 Å². The van der Waals surface area contributed by atoms with Crippen LogP contribution in [0.3, 0.4) is 0 Å². The Morgan fingerprint density at radius 1 is 1.47 bits per heavy atom. The number of carboxylic acid groups (broad SMARTS) is 1. The maximum absolute atomic E-state index is 10.8. The Morgan fingerprint density at radius 2 is 2.20 bits per heavy atom. The zero-order chi connectivity index (χ0) is 11.3. The van der Waals surface area contributed by atoms with Crippen molar-refractivity contribution >= 4 is 5.97 Å². The molecule has 88 valence electrons. The molecule has 4 nitrogen and oxygen atoms in total. The number of hydrogen-bond donors (Lipinski definition) is 1. The van der Waals surface area contributed by atoms with Crippen LogP contribution < -0.4 is 0 Å². The molecule has 1 N–H and O–H groups in total. The van der Waals surface area contributed by atoms with E-state index in [1.54, 1.807) is 0 Å². The highest BCUT2D eigenvalue weighted by atomic mass is 16.5. The molecule has 0 bridgehead atoms. The summed E-state index contributed by atoms with van der Waals surface area (Å²) >= 11 is 0. The van der Waals surface area contributed by atoms with Crippen LogP contribution in [0.25, 0.3) is 0 Å². The van der Waals surface area contributed by atoms with Gasteiger partial charge in [-0.1, -0.05) is 0 Å². The Bertz CT molecular complexity index is 198. The summed E-state index contributed by atoms with van der Waals surface area (Å²) in [7, 11) is 0. The van der Waals surface area contributed by atoms with Crippen molar-refractivity contribution in [2.24, 2.45) is 0 Å². The molecule has 1 aliphatic rings. The van der Waals surface area contributed by atoms with Crippen molar-refractivity contribution in [2.75, 3.05) is 19.8 Å². The number of rotatable bonds is 4. The number of hydrogen-bond acceptors (Lipinski definition) is 3. The van der Waals surface area contributed by atoms with E-state index in [-0.39, 0.29) is 12.6 Å². The molecule has 0 aromatic carbocycles. The fourth-order valence-electron chi connectivity index (χ4n) is 2.11. The highest BCUT2D eigenvalue weighted by Crippen LogP contribution is 2.17. The molecule has 0 spiro atoms. The number of aliphatic carboxylic acids is 1. The van der Waals surface area contributed by atoms with Crippen LogP contribution in [0, 0.1) is 0 Å². The summed E-state index contributed by atoms with van der Waals surface area (Å²) in [6.07, 6.45) is 3.03. The van der Waals surface area contributed by atoms with Gasteiger partial charge in [0.15, 0.2) is 0 Å². The molecule has 0 radical (unpaired) electrons. The number of nitrogens with zero attached hydrogens (tertiary/aromatic N) is 1. The summed E-state index contributed by atoms with van der Waals surface area (Å²) in [5, 5.41) is 8.86. The SMILES string of the molecule is CC(C)N(CC(=O)O)C1CCCOCC1. The van der Waals surface area contributed by atoms with Gasteiger partial charge in [-0.3, -0.25) is 9.69 Å². The van der Waals surface area contributed by atoms with E-state index in [0.717, 1.165) is 32.5 Å². The molecule has 1 atom stereocenters. The van der Waals surface area contributed by atoms with Gasteiger partial charge < -0.3 is 9.84 Å². The molecule has 15 heavy (non-hydrogen) atoms. The van der Waals surface area contributed by atoms with Crippen molar-refractivity contribution in [1.29, 1.82) is 0 Å². The van der Waals surface area contributed by atoms with Crippen LogP contribution >= 0.6 is 0 Å². The van der Waals surface area contributed by atoms with Crippen molar-refractivity contribution < 1.29 is 14.6 Å². The molecule has 0 aromatic heterocycles. The molecule has 1 unspecified atom stereocenters. The van der Waals surface area contributed by atoms with Crippen molar-refractivity contribution in [2.45, 2.75) is 45.2 Å². The fraction of sp³-hybridized carbons (Fsp3) is 0.909. The number of ether oxygens (including phenoxy) is 1. The van der Waals surface area contributed by atoms with Gasteiger partial charge in [0.1, 0.15) is 0 Å². The average Bonchev–Trinajstić information content (AvgIpc) is 2.41. The second-order valence-electron chi connectivity index (χ2n) is 4.36. The van der Waals surface area contributed by atoms with Crippen LogP contribution in [0.1, 0.15) is 33.1 Å². The zero-order valence-electron chi connectivity index (χ0n) is 9.61. The Balaban J connectivity index is 2.55. The monoisotopic (exact) mass is 215 g/mol. The Labute approximate surface area is 91.2 Å². The zero-order valence-corrected chi connectivity index (χ0v) is 9.61. The van der Waals surface area contributed by atoms with Crippen LogP contribution in [0.15, 0.2) is 0 Å². The summed E-state index contributed by atoms with van der Waals surface area (Å²) in [6, 6.07) is 0.646. The predicted molar refractivity (Wildman–Crippen MR) is 57.9 cm³/mol. The summed E-state index contributed by atoms with van der Waals surface area (Å²) in [6.45, 7) is 5.81. The van der Waals surface area contributed by atoms with E-state index < -0.39 is 5.97 Å². The quantitative estimate of drug-likeness (QED) is 0.769. The highest BCUT2D eigenvalue weighted by molar-refractivity contribution is 5.69. The van der Waals surface area contributed by atoms with Gasteiger partial charge in [-0.15, -0.1) is 0 Å².